The van der Waals surface area contributed by atoms with Crippen LogP contribution >= 0.6 is 0 Å². The summed E-state index contributed by atoms with van der Waals surface area (Å²) in [5.74, 6) is 1.60. The number of hydrogen-bond acceptors (Lipinski definition) is 3. The van der Waals surface area contributed by atoms with Crippen molar-refractivity contribution >= 4 is 22.8 Å². The fourth-order valence-electron chi connectivity index (χ4n) is 3.80. The van der Waals surface area contributed by atoms with Gasteiger partial charge in [-0.1, -0.05) is 19.1 Å². The molecule has 1 fully saturated rings. The summed E-state index contributed by atoms with van der Waals surface area (Å²) in [7, 11) is 0. The number of anilines is 1. The second kappa shape index (κ2) is 7.19. The molecule has 0 spiro atoms. The number of benzene rings is 1. The molecule has 0 bridgehead atoms. The predicted molar refractivity (Wildman–Crippen MR) is 107 cm³/mol. The van der Waals surface area contributed by atoms with Crippen molar-refractivity contribution in [3.8, 4) is 11.4 Å². The molecule has 0 radical (unpaired) electrons. The number of fused-ring (bicyclic) bond motifs is 1. The molecule has 2 N–H and O–H groups in total. The first-order valence-electron chi connectivity index (χ1n) is 9.64. The summed E-state index contributed by atoms with van der Waals surface area (Å²) in [6.45, 7) is 7.61. The Bertz CT molecular complexity index is 947. The fourth-order valence-corrected chi connectivity index (χ4v) is 3.80. The first kappa shape index (κ1) is 17.8. The number of carbonyl (C=O) groups is 1. The monoisotopic (exact) mass is 366 g/mol. The minimum Gasteiger partial charge on any atom is -0.376 e. The molecule has 1 amide bonds. The maximum absolute atomic E-state index is 12.3. The van der Waals surface area contributed by atoms with E-state index < -0.39 is 0 Å². The number of imidazole rings is 1. The van der Waals surface area contributed by atoms with Crippen LogP contribution in [0.5, 0.6) is 0 Å². The number of aromatic nitrogens is 3. The van der Waals surface area contributed by atoms with Gasteiger partial charge in [-0.15, -0.1) is 0 Å². The van der Waals surface area contributed by atoms with Crippen LogP contribution in [0.3, 0.4) is 0 Å². The van der Waals surface area contributed by atoms with E-state index in [-0.39, 0.29) is 12.0 Å². The van der Waals surface area contributed by atoms with Crippen LogP contribution < -0.4 is 5.32 Å². The van der Waals surface area contributed by atoms with E-state index in [1.54, 1.807) is 0 Å². The molecule has 0 aliphatic carbocycles. The average molecular weight is 366 g/mol. The number of ether oxygens (including phenoxy) is 1. The molecule has 3 aromatic rings. The van der Waals surface area contributed by atoms with Gasteiger partial charge in [0, 0.05) is 18.7 Å². The molecular formula is C21H26N4O2. The number of carbonyl (C=O) groups excluding carboxylic acids is 1. The first-order valence-corrected chi connectivity index (χ1v) is 9.64. The minimum absolute atomic E-state index is 0.00143. The first-order chi connectivity index (χ1) is 13.1. The van der Waals surface area contributed by atoms with E-state index in [1.807, 2.05) is 31.2 Å². The van der Waals surface area contributed by atoms with Gasteiger partial charge < -0.3 is 19.6 Å². The van der Waals surface area contributed by atoms with Gasteiger partial charge in [0.25, 0.3) is 0 Å². The van der Waals surface area contributed by atoms with Crippen LogP contribution in [0.4, 0.5) is 5.82 Å². The van der Waals surface area contributed by atoms with Crippen molar-refractivity contribution < 1.29 is 9.53 Å². The summed E-state index contributed by atoms with van der Waals surface area (Å²) < 4.78 is 8.03. The Hall–Kier alpha value is -2.60. The molecule has 1 aliphatic rings. The SMILES string of the molecule is CCC(=O)Nc1c(-c2nc3ccccc3[nH]2)c(C)c(C)n1C[C@@H]1CCCO1. The lowest BCUT2D eigenvalue weighted by Gasteiger charge is -2.17. The Balaban J connectivity index is 1.84. The summed E-state index contributed by atoms with van der Waals surface area (Å²) >= 11 is 0. The third-order valence-electron chi connectivity index (χ3n) is 5.44. The van der Waals surface area contributed by atoms with Crippen molar-refractivity contribution in [2.24, 2.45) is 0 Å². The molecule has 4 rings (SSSR count). The number of nitrogens with zero attached hydrogens (tertiary/aromatic N) is 2. The normalized spacial score (nSPS) is 16.9. The lowest BCUT2D eigenvalue weighted by molar-refractivity contribution is -0.115. The van der Waals surface area contributed by atoms with Crippen LogP contribution in [0, 0.1) is 13.8 Å². The molecule has 142 valence electrons. The van der Waals surface area contributed by atoms with E-state index in [2.05, 4.69) is 28.7 Å². The van der Waals surface area contributed by atoms with Gasteiger partial charge in [0.15, 0.2) is 0 Å². The van der Waals surface area contributed by atoms with Gasteiger partial charge in [-0.3, -0.25) is 4.79 Å². The lowest BCUT2D eigenvalue weighted by Crippen LogP contribution is -2.20. The Morgan fingerprint density at radius 3 is 2.89 bits per heavy atom. The topological polar surface area (TPSA) is 71.9 Å². The molecule has 0 unspecified atom stereocenters. The highest BCUT2D eigenvalue weighted by Gasteiger charge is 2.25. The largest absolute Gasteiger partial charge is 0.376 e. The highest BCUT2D eigenvalue weighted by atomic mass is 16.5. The van der Waals surface area contributed by atoms with E-state index >= 15 is 0 Å². The summed E-state index contributed by atoms with van der Waals surface area (Å²) in [4.78, 5) is 20.4. The van der Waals surface area contributed by atoms with Crippen LogP contribution in [0.1, 0.15) is 37.4 Å². The summed E-state index contributed by atoms with van der Waals surface area (Å²) in [6.07, 6.45) is 2.77. The maximum Gasteiger partial charge on any atom is 0.225 e. The molecular weight excluding hydrogens is 340 g/mol. The summed E-state index contributed by atoms with van der Waals surface area (Å²) in [6, 6.07) is 7.98. The van der Waals surface area contributed by atoms with Crippen molar-refractivity contribution in [3.63, 3.8) is 0 Å². The number of H-pyrrole nitrogens is 1. The quantitative estimate of drug-likeness (QED) is 0.712. The van der Waals surface area contributed by atoms with Crippen LogP contribution in [0.15, 0.2) is 24.3 Å². The number of aromatic amines is 1. The number of rotatable bonds is 5. The van der Waals surface area contributed by atoms with Gasteiger partial charge in [-0.25, -0.2) is 4.98 Å². The molecule has 1 aromatic carbocycles. The van der Waals surface area contributed by atoms with E-state index in [4.69, 9.17) is 9.72 Å². The van der Waals surface area contributed by atoms with E-state index in [1.165, 1.54) is 0 Å². The zero-order valence-electron chi connectivity index (χ0n) is 16.1. The molecule has 2 aromatic heterocycles. The Labute approximate surface area is 158 Å². The second-order valence-corrected chi connectivity index (χ2v) is 7.18. The molecule has 1 atom stereocenters. The zero-order chi connectivity index (χ0) is 19.0. The minimum atomic E-state index is -0.00143. The molecule has 1 aliphatic heterocycles. The third-order valence-corrected chi connectivity index (χ3v) is 5.44. The van der Waals surface area contributed by atoms with E-state index in [9.17, 15) is 4.79 Å². The Morgan fingerprint density at radius 1 is 1.37 bits per heavy atom. The molecule has 0 saturated carbocycles. The number of amides is 1. The van der Waals surface area contributed by atoms with Gasteiger partial charge in [0.1, 0.15) is 11.6 Å². The molecule has 27 heavy (non-hydrogen) atoms. The van der Waals surface area contributed by atoms with Gasteiger partial charge in [0.2, 0.25) is 5.91 Å². The van der Waals surface area contributed by atoms with Crippen LogP contribution in [-0.2, 0) is 16.1 Å². The van der Waals surface area contributed by atoms with Crippen LogP contribution in [-0.4, -0.2) is 33.2 Å². The molecule has 6 heteroatoms. The van der Waals surface area contributed by atoms with Crippen molar-refractivity contribution in [1.29, 1.82) is 0 Å². The van der Waals surface area contributed by atoms with Crippen molar-refractivity contribution in [1.82, 2.24) is 14.5 Å². The van der Waals surface area contributed by atoms with E-state index in [0.29, 0.717) is 6.42 Å². The Kier molecular flexibility index (Phi) is 4.74. The van der Waals surface area contributed by atoms with Gasteiger partial charge >= 0.3 is 0 Å². The molecule has 3 heterocycles. The maximum atomic E-state index is 12.3. The van der Waals surface area contributed by atoms with Crippen molar-refractivity contribution in [3.05, 3.63) is 35.5 Å². The van der Waals surface area contributed by atoms with Crippen molar-refractivity contribution in [2.75, 3.05) is 11.9 Å². The zero-order valence-corrected chi connectivity index (χ0v) is 16.1. The second-order valence-electron chi connectivity index (χ2n) is 7.18. The van der Waals surface area contributed by atoms with Gasteiger partial charge in [-0.05, 0) is 44.4 Å². The van der Waals surface area contributed by atoms with Gasteiger partial charge in [-0.2, -0.15) is 0 Å². The van der Waals surface area contributed by atoms with E-state index in [0.717, 1.165) is 65.5 Å². The summed E-state index contributed by atoms with van der Waals surface area (Å²) in [5, 5.41) is 3.12. The molecule has 1 saturated heterocycles. The van der Waals surface area contributed by atoms with Gasteiger partial charge in [0.05, 0.1) is 29.2 Å². The molecule has 6 nitrogen and oxygen atoms in total. The van der Waals surface area contributed by atoms with Crippen LogP contribution in [0.2, 0.25) is 0 Å². The average Bonchev–Trinajstić information content (AvgIpc) is 3.37. The Morgan fingerprint density at radius 2 is 2.19 bits per heavy atom. The third kappa shape index (κ3) is 3.25. The smallest absolute Gasteiger partial charge is 0.225 e. The number of nitrogens with one attached hydrogen (secondary N) is 2. The van der Waals surface area contributed by atoms with Crippen LogP contribution in [0.25, 0.3) is 22.4 Å². The number of para-hydroxylation sites is 2. The highest BCUT2D eigenvalue weighted by molar-refractivity contribution is 5.95. The summed E-state index contributed by atoms with van der Waals surface area (Å²) in [5.41, 5.74) is 5.13. The standard InChI is InChI=1S/C21H26N4O2/c1-4-18(26)24-21-19(20-22-16-9-5-6-10-17(16)23-20)13(2)14(3)25(21)12-15-8-7-11-27-15/h5-6,9-10,15H,4,7-8,11-12H2,1-3H3,(H,22,23)(H,24,26)/t15-/m0/s1. The predicted octanol–water partition coefficient (Wildman–Crippen LogP) is 4.18. The highest BCUT2D eigenvalue weighted by Crippen LogP contribution is 2.36. The fraction of sp³-hybridized carbons (Fsp3) is 0.429. The van der Waals surface area contributed by atoms with Crippen molar-refractivity contribution in [2.45, 2.75) is 52.7 Å². The number of hydrogen-bond donors (Lipinski definition) is 2. The lowest BCUT2D eigenvalue weighted by atomic mass is 10.1.